The van der Waals surface area contributed by atoms with E-state index >= 15 is 0 Å². The first-order chi connectivity index (χ1) is 18.9. The zero-order valence-corrected chi connectivity index (χ0v) is 25.2. The Bertz CT molecular complexity index is 1480. The average Bonchev–Trinajstić information content (AvgIpc) is 3.74. The van der Waals surface area contributed by atoms with Crippen molar-refractivity contribution in [2.45, 2.75) is 65.2 Å². The highest BCUT2D eigenvalue weighted by atomic mass is 32.1. The third kappa shape index (κ3) is 4.22. The molecule has 0 spiro atoms. The van der Waals surface area contributed by atoms with Crippen molar-refractivity contribution in [3.8, 4) is 9.75 Å². The molecule has 3 heterocycles. The predicted molar refractivity (Wildman–Crippen MR) is 166 cm³/mol. The summed E-state index contributed by atoms with van der Waals surface area (Å²) in [4.78, 5) is 29.1. The van der Waals surface area contributed by atoms with Gasteiger partial charge in [0.25, 0.3) is 0 Å². The van der Waals surface area contributed by atoms with Crippen LogP contribution in [0.25, 0.3) is 21.4 Å². The van der Waals surface area contributed by atoms with Gasteiger partial charge < -0.3 is 0 Å². The lowest BCUT2D eigenvalue weighted by molar-refractivity contribution is -0.0793. The lowest BCUT2D eigenvalue weighted by Gasteiger charge is -2.59. The molecular formula is C34H36O2S3. The molecule has 3 aromatic rings. The molecule has 5 heteroatoms. The van der Waals surface area contributed by atoms with Crippen LogP contribution in [0.3, 0.4) is 0 Å². The fraction of sp³-hybridized carbons (Fsp3) is 0.471. The third-order valence-electron chi connectivity index (χ3n) is 11.2. The van der Waals surface area contributed by atoms with E-state index in [-0.39, 0.29) is 0 Å². The van der Waals surface area contributed by atoms with Crippen molar-refractivity contribution in [3.63, 3.8) is 0 Å². The number of hydrogen-bond donors (Lipinski definition) is 0. The topological polar surface area (TPSA) is 34.1 Å². The summed E-state index contributed by atoms with van der Waals surface area (Å²) in [6.45, 7) is 5.21. The van der Waals surface area contributed by atoms with E-state index in [2.05, 4.69) is 50.3 Å². The van der Waals surface area contributed by atoms with E-state index in [4.69, 9.17) is 0 Å². The van der Waals surface area contributed by atoms with Gasteiger partial charge in [-0.05, 0) is 134 Å². The molecule has 39 heavy (non-hydrogen) atoms. The van der Waals surface area contributed by atoms with Crippen LogP contribution in [0.4, 0.5) is 0 Å². The number of hydrogen-bond acceptors (Lipinski definition) is 5. The molecule has 4 aliphatic carbocycles. The van der Waals surface area contributed by atoms with Gasteiger partial charge in [0.05, 0.1) is 9.75 Å². The van der Waals surface area contributed by atoms with Crippen molar-refractivity contribution in [2.24, 2.45) is 34.5 Å². The van der Waals surface area contributed by atoms with Crippen LogP contribution in [-0.2, 0) is 0 Å². The van der Waals surface area contributed by atoms with Crippen LogP contribution < -0.4 is 0 Å². The summed E-state index contributed by atoms with van der Waals surface area (Å²) in [7, 11) is 0. The molecule has 3 aromatic heterocycles. The van der Waals surface area contributed by atoms with Gasteiger partial charge >= 0.3 is 0 Å². The fourth-order valence-corrected chi connectivity index (χ4v) is 11.8. The molecule has 4 aliphatic rings. The first-order valence-corrected chi connectivity index (χ1v) is 17.0. The van der Waals surface area contributed by atoms with E-state index in [0.717, 1.165) is 46.0 Å². The lowest BCUT2D eigenvalue weighted by Crippen LogP contribution is -2.51. The highest BCUT2D eigenvalue weighted by molar-refractivity contribution is 7.23. The minimum Gasteiger partial charge on any atom is -0.297 e. The molecule has 0 amide bonds. The Labute approximate surface area is 243 Å². The van der Waals surface area contributed by atoms with Gasteiger partial charge in [0.2, 0.25) is 0 Å². The maximum atomic E-state index is 11.2. The molecule has 3 saturated carbocycles. The van der Waals surface area contributed by atoms with Crippen LogP contribution in [-0.4, -0.2) is 12.6 Å². The van der Waals surface area contributed by atoms with Crippen molar-refractivity contribution in [3.05, 3.63) is 67.6 Å². The Kier molecular flexibility index (Phi) is 6.49. The zero-order chi connectivity index (χ0) is 26.8. The Morgan fingerprint density at radius 1 is 0.769 bits per heavy atom. The molecule has 0 aliphatic heterocycles. The average molecular weight is 573 g/mol. The molecule has 0 unspecified atom stereocenters. The minimum absolute atomic E-state index is 0.333. The smallest absolute Gasteiger partial charge is 0.160 e. The summed E-state index contributed by atoms with van der Waals surface area (Å²) in [5.41, 5.74) is 3.91. The minimum atomic E-state index is 0.333. The lowest BCUT2D eigenvalue weighted by atomic mass is 9.45. The van der Waals surface area contributed by atoms with Crippen LogP contribution in [0, 0.1) is 34.5 Å². The maximum Gasteiger partial charge on any atom is 0.160 e. The third-order valence-corrected chi connectivity index (χ3v) is 14.5. The van der Waals surface area contributed by atoms with Crippen LogP contribution in [0.1, 0.15) is 94.3 Å². The maximum absolute atomic E-state index is 11.2. The normalized spacial score (nSPS) is 34.7. The highest BCUT2D eigenvalue weighted by Crippen LogP contribution is 2.67. The summed E-state index contributed by atoms with van der Waals surface area (Å²) in [5, 5.41) is 0. The van der Waals surface area contributed by atoms with Crippen LogP contribution in [0.5, 0.6) is 0 Å². The second-order valence-electron chi connectivity index (χ2n) is 12.8. The van der Waals surface area contributed by atoms with Crippen molar-refractivity contribution >= 4 is 58.2 Å². The molecule has 6 atom stereocenters. The van der Waals surface area contributed by atoms with Gasteiger partial charge in [-0.25, -0.2) is 0 Å². The number of allylic oxidation sites excluding steroid dienone is 3. The standard InChI is InChI=1S/C34H36O2S3/c1-33-15-13-21(30-10-6-25(19-35)38-30)17-22(33)3-8-27-28-9-4-23(34(28,2)16-14-29(27)33)18-24-5-11-31(37-24)32-12-7-26(20-36)39-32/h5-7,10-13,18-20,22,27-29H,3-4,8-9,14-17H2,1-2H3/b23-18-/t22-,27-,28-,29-,33-,34+/m0/s1. The number of aldehydes is 2. The molecule has 0 bridgehead atoms. The monoisotopic (exact) mass is 572 g/mol. The molecule has 3 fully saturated rings. The Hall–Kier alpha value is -2.08. The molecular weight excluding hydrogens is 537 g/mol. The second-order valence-corrected chi connectivity index (χ2v) is 16.1. The Morgan fingerprint density at radius 3 is 2.15 bits per heavy atom. The first kappa shape index (κ1) is 25.9. The molecule has 7 rings (SSSR count). The molecule has 0 aromatic carbocycles. The predicted octanol–water partition coefficient (Wildman–Crippen LogP) is 10.3. The van der Waals surface area contributed by atoms with E-state index < -0.39 is 0 Å². The van der Waals surface area contributed by atoms with Gasteiger partial charge in [0.15, 0.2) is 12.6 Å². The Balaban J connectivity index is 1.11. The fourth-order valence-electron chi connectivity index (χ4n) is 9.04. The summed E-state index contributed by atoms with van der Waals surface area (Å²) >= 11 is 5.11. The van der Waals surface area contributed by atoms with Crippen LogP contribution >= 0.6 is 34.0 Å². The van der Waals surface area contributed by atoms with E-state index in [1.165, 1.54) is 76.4 Å². The van der Waals surface area contributed by atoms with E-state index in [9.17, 15) is 9.59 Å². The van der Waals surface area contributed by atoms with Gasteiger partial charge in [-0.1, -0.05) is 25.5 Å². The molecule has 0 radical (unpaired) electrons. The van der Waals surface area contributed by atoms with Crippen molar-refractivity contribution < 1.29 is 9.59 Å². The van der Waals surface area contributed by atoms with E-state index in [0.29, 0.717) is 10.8 Å². The number of fused-ring (bicyclic) bond motifs is 5. The number of rotatable bonds is 5. The van der Waals surface area contributed by atoms with Gasteiger partial charge in [-0.2, -0.15) is 0 Å². The van der Waals surface area contributed by atoms with E-state index in [1.807, 2.05) is 23.5 Å². The van der Waals surface area contributed by atoms with Crippen molar-refractivity contribution in [2.75, 3.05) is 0 Å². The quantitative estimate of drug-likeness (QED) is 0.285. The van der Waals surface area contributed by atoms with Crippen LogP contribution in [0.15, 0.2) is 48.0 Å². The molecule has 202 valence electrons. The van der Waals surface area contributed by atoms with Crippen molar-refractivity contribution in [1.29, 1.82) is 0 Å². The van der Waals surface area contributed by atoms with Gasteiger partial charge in [-0.15, -0.1) is 34.0 Å². The molecule has 0 saturated heterocycles. The number of carbonyl (C=O) groups excluding carboxylic acids is 2. The summed E-state index contributed by atoms with van der Waals surface area (Å²) in [5.74, 6) is 3.26. The summed E-state index contributed by atoms with van der Waals surface area (Å²) in [6, 6.07) is 12.6. The van der Waals surface area contributed by atoms with Gasteiger partial charge in [0.1, 0.15) is 0 Å². The van der Waals surface area contributed by atoms with Gasteiger partial charge in [-0.3, -0.25) is 9.59 Å². The SMILES string of the molecule is C[C@]12CC=C(c3ccc(C=O)s3)C[C@@H]1CC[C@@H]1[C@@H]2CC[C@]2(C)/C(=C\c3ccc(-c4ccc(C=O)s4)s3)CC[C@@H]12. The van der Waals surface area contributed by atoms with E-state index in [1.54, 1.807) is 28.2 Å². The molecule has 2 nitrogen and oxygen atoms in total. The molecule has 0 N–H and O–H groups in total. The zero-order valence-electron chi connectivity index (χ0n) is 22.8. The summed E-state index contributed by atoms with van der Waals surface area (Å²) in [6.07, 6.45) is 17.4. The number of carbonyl (C=O) groups is 2. The number of thiophene rings is 3. The largest absolute Gasteiger partial charge is 0.297 e. The first-order valence-electron chi connectivity index (χ1n) is 14.5. The second kappa shape index (κ2) is 9.78. The Morgan fingerprint density at radius 2 is 1.44 bits per heavy atom. The summed E-state index contributed by atoms with van der Waals surface area (Å²) < 4.78 is 0. The van der Waals surface area contributed by atoms with Gasteiger partial charge in [0, 0.05) is 19.5 Å². The van der Waals surface area contributed by atoms with Crippen LogP contribution in [0.2, 0.25) is 0 Å². The van der Waals surface area contributed by atoms with Crippen molar-refractivity contribution in [1.82, 2.24) is 0 Å². The highest BCUT2D eigenvalue weighted by Gasteiger charge is 2.58.